The number of nitrogens with zero attached hydrogens (tertiary/aromatic N) is 27. The minimum atomic E-state index is -2.35. The fourth-order valence-electron chi connectivity index (χ4n) is 15.2. The number of fused-ring (bicyclic) bond motifs is 35. The van der Waals surface area contributed by atoms with Crippen molar-refractivity contribution in [3.05, 3.63) is 248 Å². The summed E-state index contributed by atoms with van der Waals surface area (Å²) < 4.78 is 56.1. The van der Waals surface area contributed by atoms with E-state index in [9.17, 15) is 0 Å². The molecule has 1 aromatic carbocycles. The molecule has 28 nitrogen and oxygen atoms in total. The van der Waals surface area contributed by atoms with Crippen LogP contribution in [0.1, 0.15) is 31.9 Å². The summed E-state index contributed by atoms with van der Waals surface area (Å²) in [5.41, 5.74) is 20.6. The molecule has 0 saturated heterocycles. The lowest BCUT2D eigenvalue weighted by Gasteiger charge is -2.01. The summed E-state index contributed by atoms with van der Waals surface area (Å²) in [7, 11) is 2.03. The summed E-state index contributed by atoms with van der Waals surface area (Å²) in [6.45, 7) is 1.49. The summed E-state index contributed by atoms with van der Waals surface area (Å²) >= 11 is 1.72. The monoisotopic (exact) mass is 1370 g/mol. The van der Waals surface area contributed by atoms with E-state index in [1.807, 2.05) is 164 Å². The van der Waals surface area contributed by atoms with Crippen LogP contribution in [0, 0.1) is 0 Å². The lowest BCUT2D eigenvalue weighted by atomic mass is 10.2. The standard InChI is InChI=1S/C19H13N6.2C14H11N6.C14H9N4S.C13H8N5O/c1-2-7-14(8-3-1)25-16-18(23-11-5-10-21-19(23)22-16)24-12-13-6-4-9-20-15(13)17(24)25;2*1-18-11-13(19-7-3-6-16-14(19)17-11)20-8-9-4-2-5-15-10(9)12(18)20;1-2-7-17-10(5-1)16-12-13(17)18-8-9-4-3-6-15-11(9)14(18)19-12;1-3-8-7-18-11-10(19-12(18)9(8)14-4-1)16-13-15-5-2-6-17(11)13/h1-11H,12H2;2*2-7H,8H2,1H3;1-7H,8H2;1-6H,7H2/q5*+1/i;1D3;;;. The van der Waals surface area contributed by atoms with Crippen molar-refractivity contribution in [1.82, 2.24) is 105 Å². The highest BCUT2D eigenvalue weighted by molar-refractivity contribution is 7.20. The summed E-state index contributed by atoms with van der Waals surface area (Å²) in [5, 5.41) is 1.21. The first-order valence-electron chi connectivity index (χ1n) is 34.6. The van der Waals surface area contributed by atoms with Crippen molar-refractivity contribution in [1.29, 1.82) is 0 Å². The number of aromatic nitrogens is 27. The van der Waals surface area contributed by atoms with Crippen LogP contribution in [-0.2, 0) is 46.7 Å². The van der Waals surface area contributed by atoms with Gasteiger partial charge in [-0.3, -0.25) is 4.98 Å². The molecule has 0 fully saturated rings. The quantitative estimate of drug-likeness (QED) is 0.143. The van der Waals surface area contributed by atoms with Crippen molar-refractivity contribution < 1.29 is 31.4 Å². The number of aryl methyl sites for hydroxylation is 2. The number of oxazole rings is 1. The van der Waals surface area contributed by atoms with Crippen molar-refractivity contribution in [2.45, 2.75) is 32.7 Å². The summed E-state index contributed by atoms with van der Waals surface area (Å²) in [4.78, 5) is 63.6. The molecule has 0 atom stereocenters. The van der Waals surface area contributed by atoms with Crippen LogP contribution >= 0.6 is 11.3 Å². The van der Waals surface area contributed by atoms with Gasteiger partial charge in [0.05, 0.1) is 62.6 Å². The third kappa shape index (κ3) is 8.28. The molecule has 29 heteroatoms. The zero-order valence-electron chi connectivity index (χ0n) is 57.2. The lowest BCUT2D eigenvalue weighted by Crippen LogP contribution is -2.32. The molecule has 490 valence electrons. The molecule has 103 heavy (non-hydrogen) atoms. The number of rotatable bonds is 1. The average molecular weight is 1370 g/mol. The topological polar surface area (TPSA) is 250 Å². The Hall–Kier alpha value is -14.1. The first kappa shape index (κ1) is 53.9. The molecule has 5 aliphatic heterocycles. The second kappa shape index (κ2) is 21.7. The molecule has 0 radical (unpaired) electrons. The molecule has 20 aromatic heterocycles. The van der Waals surface area contributed by atoms with Gasteiger partial charge in [0.15, 0.2) is 5.69 Å². The lowest BCUT2D eigenvalue weighted by molar-refractivity contribution is -0.651. The van der Waals surface area contributed by atoms with Gasteiger partial charge in [-0.15, -0.1) is 4.98 Å². The molecular formula is C74H52N27OS+5. The van der Waals surface area contributed by atoms with Crippen LogP contribution in [0.4, 0.5) is 0 Å². The van der Waals surface area contributed by atoms with E-state index >= 15 is 0 Å². The summed E-state index contributed by atoms with van der Waals surface area (Å²) in [5.74, 6) is 6.07. The van der Waals surface area contributed by atoms with E-state index in [1.54, 1.807) is 54.6 Å². The van der Waals surface area contributed by atoms with Gasteiger partial charge in [-0.25, -0.2) is 66.9 Å². The molecule has 26 rings (SSSR count). The van der Waals surface area contributed by atoms with Crippen molar-refractivity contribution in [2.24, 2.45) is 14.0 Å². The van der Waals surface area contributed by atoms with E-state index in [0.717, 1.165) is 128 Å². The third-order valence-corrected chi connectivity index (χ3v) is 20.5. The Kier molecular flexibility index (Phi) is 11.4. The number of hydrogen-bond acceptors (Lipinski definition) is 16. The number of pyridine rings is 6. The smallest absolute Gasteiger partial charge is 0.356 e. The molecule has 0 unspecified atom stereocenters. The molecule has 0 spiro atoms. The molecule has 21 aromatic rings. The number of hydrogen-bond donors (Lipinski definition) is 0. The maximum Gasteiger partial charge on any atom is 0.356 e. The van der Waals surface area contributed by atoms with Crippen LogP contribution in [0.15, 0.2) is 225 Å². The number of thiazole rings is 1. The molecule has 0 amide bonds. The van der Waals surface area contributed by atoms with Crippen LogP contribution in [0.5, 0.6) is 0 Å². The zero-order valence-corrected chi connectivity index (χ0v) is 55.0. The van der Waals surface area contributed by atoms with Crippen molar-refractivity contribution >= 4 is 95.8 Å². The van der Waals surface area contributed by atoms with Gasteiger partial charge in [0.1, 0.15) is 47.7 Å². The highest BCUT2D eigenvalue weighted by atomic mass is 32.1. The normalized spacial score (nSPS) is 13.5. The van der Waals surface area contributed by atoms with Crippen LogP contribution < -0.4 is 22.8 Å². The first-order valence-corrected chi connectivity index (χ1v) is 33.9. The Bertz CT molecular complexity index is 7090. The second-order valence-electron chi connectivity index (χ2n) is 25.2. The number of imidazole rings is 8. The summed E-state index contributed by atoms with van der Waals surface area (Å²) in [6, 6.07) is 44.2. The molecule has 5 aliphatic rings. The van der Waals surface area contributed by atoms with Crippen LogP contribution in [-0.4, -0.2) is 105 Å². The Morgan fingerprint density at radius 3 is 1.40 bits per heavy atom. The second-order valence-corrected chi connectivity index (χ2v) is 26.2. The van der Waals surface area contributed by atoms with E-state index in [0.29, 0.717) is 46.8 Å². The minimum absolute atomic E-state index is 0.398. The van der Waals surface area contributed by atoms with E-state index in [4.69, 9.17) is 13.5 Å². The molecule has 25 heterocycles. The van der Waals surface area contributed by atoms with Crippen LogP contribution in [0.3, 0.4) is 0 Å². The van der Waals surface area contributed by atoms with Gasteiger partial charge < -0.3 is 4.42 Å². The highest BCUT2D eigenvalue weighted by Gasteiger charge is 2.41. The van der Waals surface area contributed by atoms with Gasteiger partial charge >= 0.3 is 28.7 Å². The first-order chi connectivity index (χ1) is 52.1. The SMILES string of the molecule is Cn1c2[n+](c3c1nc1ncccn13)Cc1cccnc1-2.[2H]C([2H])([2H])n1c2[n+](c3c1nc1ncccn13)Cc1cccnc1-2.c1ccc(-n2c3[n+](c4c2nc2ncccn24)Cc2cccnc2-3)cc1.c1cnc2c(c1)C[n+]1c-2oc2nc3ncccn3c21.c1cnc2c(c1)C[n+]1c-2sc2nc3ccccn3c21. The average Bonchev–Trinajstić information content (AvgIpc) is 1.56. The van der Waals surface area contributed by atoms with Gasteiger partial charge in [0.2, 0.25) is 15.5 Å². The predicted octanol–water partition coefficient (Wildman–Crippen LogP) is 7.70. The largest absolute Gasteiger partial charge is 0.394 e. The summed E-state index contributed by atoms with van der Waals surface area (Å²) in [6.07, 6.45) is 25.8. The molecule has 0 bridgehead atoms. The van der Waals surface area contributed by atoms with Gasteiger partial charge in [-0.05, 0) is 72.8 Å². The number of benzene rings is 1. The van der Waals surface area contributed by atoms with Gasteiger partial charge in [-0.2, -0.15) is 51.5 Å². The van der Waals surface area contributed by atoms with Crippen LogP contribution in [0.25, 0.3) is 147 Å². The van der Waals surface area contributed by atoms with Crippen molar-refractivity contribution in [2.75, 3.05) is 0 Å². The van der Waals surface area contributed by atoms with Crippen LogP contribution in [0.2, 0.25) is 0 Å². The fraction of sp³-hybridized carbons (Fsp3) is 0.0946. The molecular weight excluding hydrogens is 1320 g/mol. The van der Waals surface area contributed by atoms with Crippen molar-refractivity contribution in [3.63, 3.8) is 0 Å². The van der Waals surface area contributed by atoms with E-state index < -0.39 is 6.98 Å². The maximum absolute atomic E-state index is 7.94. The predicted molar refractivity (Wildman–Crippen MR) is 375 cm³/mol. The molecule has 0 aliphatic carbocycles. The van der Waals surface area contributed by atoms with Crippen molar-refractivity contribution in [3.8, 4) is 62.5 Å². The fourth-order valence-corrected chi connectivity index (χ4v) is 16.3. The minimum Gasteiger partial charge on any atom is -0.394 e. The van der Waals surface area contributed by atoms with Gasteiger partial charge in [0, 0.05) is 89.7 Å². The van der Waals surface area contributed by atoms with Gasteiger partial charge in [-0.1, -0.05) is 65.9 Å². The molecule has 0 N–H and O–H groups in total. The highest BCUT2D eigenvalue weighted by Crippen LogP contribution is 2.37. The van der Waals surface area contributed by atoms with E-state index in [2.05, 4.69) is 139 Å². The Morgan fingerprint density at radius 2 is 0.806 bits per heavy atom. The van der Waals surface area contributed by atoms with E-state index in [1.165, 1.54) is 37.5 Å². The maximum atomic E-state index is 7.94. The van der Waals surface area contributed by atoms with E-state index in [-0.39, 0.29) is 0 Å². The Balaban J connectivity index is 0.0000000830. The Morgan fingerprint density at radius 1 is 0.369 bits per heavy atom. The van der Waals surface area contributed by atoms with Gasteiger partial charge in [0.25, 0.3) is 68.7 Å². The Labute approximate surface area is 587 Å². The number of para-hydroxylation sites is 1. The zero-order chi connectivity index (χ0) is 70.2. The third-order valence-electron chi connectivity index (χ3n) is 19.5. The molecule has 0 saturated carbocycles.